The van der Waals surface area contributed by atoms with Crippen LogP contribution in [-0.4, -0.2) is 23.4 Å². The molecule has 1 aromatic rings. The van der Waals surface area contributed by atoms with E-state index in [1.54, 1.807) is 0 Å². The van der Waals surface area contributed by atoms with Gasteiger partial charge >= 0.3 is 0 Å². The quantitative estimate of drug-likeness (QED) is 0.494. The third-order valence-electron chi connectivity index (χ3n) is 3.95. The zero-order valence-electron chi connectivity index (χ0n) is 11.7. The van der Waals surface area contributed by atoms with Crippen molar-refractivity contribution in [3.05, 3.63) is 35.9 Å². The Kier molecular flexibility index (Phi) is 4.56. The predicted octanol–water partition coefficient (Wildman–Crippen LogP) is 1.84. The van der Waals surface area contributed by atoms with Gasteiger partial charge in [0.2, 0.25) is 0 Å². The number of nitrogens with one attached hydrogen (secondary N) is 1. The van der Waals surface area contributed by atoms with Crippen LogP contribution < -0.4 is 11.3 Å². The van der Waals surface area contributed by atoms with Crippen molar-refractivity contribution in [2.24, 2.45) is 11.8 Å². The van der Waals surface area contributed by atoms with Crippen LogP contribution in [0, 0.1) is 5.92 Å². The molecule has 1 amide bonds. The smallest absolute Gasteiger partial charge is 0.255 e. The molecule has 0 aromatic heterocycles. The van der Waals surface area contributed by atoms with Gasteiger partial charge in [-0.2, -0.15) is 0 Å². The number of carbonyl (C=O) groups excluding carboxylic acids is 1. The molecule has 104 valence electrons. The van der Waals surface area contributed by atoms with E-state index in [0.29, 0.717) is 12.0 Å². The van der Waals surface area contributed by atoms with E-state index in [9.17, 15) is 4.79 Å². The lowest BCUT2D eigenvalue weighted by Crippen LogP contribution is -2.46. The summed E-state index contributed by atoms with van der Waals surface area (Å²) in [6, 6.07) is 10.1. The van der Waals surface area contributed by atoms with E-state index in [-0.39, 0.29) is 11.9 Å². The summed E-state index contributed by atoms with van der Waals surface area (Å²) in [6.45, 7) is 5.38. The van der Waals surface area contributed by atoms with Gasteiger partial charge in [0, 0.05) is 6.04 Å². The van der Waals surface area contributed by atoms with Crippen molar-refractivity contribution in [2.45, 2.75) is 38.8 Å². The summed E-state index contributed by atoms with van der Waals surface area (Å²) in [5.74, 6) is 5.79. The first-order valence-corrected chi connectivity index (χ1v) is 6.96. The minimum atomic E-state index is -0.277. The van der Waals surface area contributed by atoms with Gasteiger partial charge in [-0.15, -0.1) is 0 Å². The third-order valence-corrected chi connectivity index (χ3v) is 3.95. The minimum absolute atomic E-state index is 0.126. The maximum absolute atomic E-state index is 12.2. The number of benzene rings is 1. The minimum Gasteiger partial charge on any atom is -0.293 e. The Labute approximate surface area is 114 Å². The van der Waals surface area contributed by atoms with Crippen LogP contribution in [0.1, 0.15) is 38.3 Å². The van der Waals surface area contributed by atoms with Crippen molar-refractivity contribution in [2.75, 3.05) is 6.54 Å². The highest BCUT2D eigenvalue weighted by Gasteiger charge is 2.36. The van der Waals surface area contributed by atoms with Gasteiger partial charge < -0.3 is 0 Å². The molecule has 0 saturated carbocycles. The van der Waals surface area contributed by atoms with Crippen molar-refractivity contribution in [1.82, 2.24) is 10.3 Å². The predicted molar refractivity (Wildman–Crippen MR) is 76.1 cm³/mol. The normalized spacial score (nSPS) is 21.6. The maximum atomic E-state index is 12.2. The monoisotopic (exact) mass is 261 g/mol. The Morgan fingerprint density at radius 1 is 1.37 bits per heavy atom. The lowest BCUT2D eigenvalue weighted by molar-refractivity contribution is -0.127. The molecule has 1 saturated heterocycles. The van der Waals surface area contributed by atoms with Crippen LogP contribution >= 0.6 is 0 Å². The molecular weight excluding hydrogens is 238 g/mol. The van der Waals surface area contributed by atoms with Crippen LogP contribution in [0.2, 0.25) is 0 Å². The van der Waals surface area contributed by atoms with Crippen LogP contribution in [0.4, 0.5) is 0 Å². The van der Waals surface area contributed by atoms with Gasteiger partial charge in [-0.05, 0) is 30.9 Å². The van der Waals surface area contributed by atoms with Crippen LogP contribution in [0.15, 0.2) is 30.3 Å². The molecule has 0 spiro atoms. The summed E-state index contributed by atoms with van der Waals surface area (Å²) >= 11 is 0. The number of rotatable bonds is 4. The Balaban J connectivity index is 2.30. The fourth-order valence-corrected chi connectivity index (χ4v) is 3.06. The van der Waals surface area contributed by atoms with Crippen molar-refractivity contribution >= 4 is 5.91 Å². The first kappa shape index (κ1) is 14.0. The summed E-state index contributed by atoms with van der Waals surface area (Å²) in [5.41, 5.74) is 3.33. The molecule has 1 aliphatic heterocycles. The standard InChI is InChI=1S/C15H23N3O/c1-11(2)13-9-6-10-18(13)14(15(19)17-16)12-7-4-3-5-8-12/h3-5,7-8,11,13-14H,6,9-10,16H2,1-2H3,(H,17,19). The van der Waals surface area contributed by atoms with Gasteiger partial charge in [0.05, 0.1) is 0 Å². The number of hydrazine groups is 1. The van der Waals surface area contributed by atoms with Crippen molar-refractivity contribution in [3.8, 4) is 0 Å². The van der Waals surface area contributed by atoms with Gasteiger partial charge in [-0.25, -0.2) is 5.84 Å². The molecule has 1 aliphatic rings. The average molecular weight is 261 g/mol. The molecule has 1 aromatic carbocycles. The number of hydrogen-bond acceptors (Lipinski definition) is 3. The molecule has 2 rings (SSSR count). The third kappa shape index (κ3) is 2.96. The topological polar surface area (TPSA) is 58.4 Å². The molecule has 0 bridgehead atoms. The Morgan fingerprint density at radius 3 is 2.63 bits per heavy atom. The van der Waals surface area contributed by atoms with Crippen molar-refractivity contribution in [1.29, 1.82) is 0 Å². The molecule has 0 aliphatic carbocycles. The van der Waals surface area contributed by atoms with Gasteiger partial charge in [0.25, 0.3) is 5.91 Å². The zero-order valence-corrected chi connectivity index (χ0v) is 11.7. The molecule has 0 radical (unpaired) electrons. The Hall–Kier alpha value is -1.39. The molecule has 1 heterocycles. The van der Waals surface area contributed by atoms with Crippen LogP contribution in [0.3, 0.4) is 0 Å². The lowest BCUT2D eigenvalue weighted by atomic mass is 9.98. The summed E-state index contributed by atoms with van der Waals surface area (Å²) < 4.78 is 0. The summed E-state index contributed by atoms with van der Waals surface area (Å²) in [5, 5.41) is 0. The zero-order chi connectivity index (χ0) is 13.8. The molecule has 4 nitrogen and oxygen atoms in total. The fraction of sp³-hybridized carbons (Fsp3) is 0.533. The van der Waals surface area contributed by atoms with Gasteiger partial charge in [-0.3, -0.25) is 15.1 Å². The second kappa shape index (κ2) is 6.17. The highest BCUT2D eigenvalue weighted by molar-refractivity contribution is 5.82. The molecule has 19 heavy (non-hydrogen) atoms. The maximum Gasteiger partial charge on any atom is 0.255 e. The Bertz CT molecular complexity index is 419. The van der Waals surface area contributed by atoms with Crippen molar-refractivity contribution in [3.63, 3.8) is 0 Å². The second-order valence-corrected chi connectivity index (χ2v) is 5.51. The summed E-state index contributed by atoms with van der Waals surface area (Å²) in [6.07, 6.45) is 2.29. The summed E-state index contributed by atoms with van der Waals surface area (Å²) in [7, 11) is 0. The number of hydrogen-bond donors (Lipinski definition) is 2. The largest absolute Gasteiger partial charge is 0.293 e. The van der Waals surface area contributed by atoms with Gasteiger partial charge in [0.1, 0.15) is 6.04 Å². The van der Waals surface area contributed by atoms with E-state index in [1.807, 2.05) is 30.3 Å². The average Bonchev–Trinajstić information content (AvgIpc) is 2.89. The lowest BCUT2D eigenvalue weighted by Gasteiger charge is -2.34. The van der Waals surface area contributed by atoms with Crippen molar-refractivity contribution < 1.29 is 4.79 Å². The van der Waals surface area contributed by atoms with E-state index in [2.05, 4.69) is 24.2 Å². The SMILES string of the molecule is CC(C)C1CCCN1C(C(=O)NN)c1ccccc1. The second-order valence-electron chi connectivity index (χ2n) is 5.51. The number of likely N-dealkylation sites (tertiary alicyclic amines) is 1. The first-order chi connectivity index (χ1) is 9.15. The van der Waals surface area contributed by atoms with Crippen LogP contribution in [0.5, 0.6) is 0 Å². The molecule has 4 heteroatoms. The van der Waals surface area contributed by atoms with Gasteiger partial charge in [-0.1, -0.05) is 44.2 Å². The molecule has 2 atom stereocenters. The van der Waals surface area contributed by atoms with Crippen LogP contribution in [-0.2, 0) is 4.79 Å². The first-order valence-electron chi connectivity index (χ1n) is 6.96. The Morgan fingerprint density at radius 2 is 2.05 bits per heavy atom. The van der Waals surface area contributed by atoms with Gasteiger partial charge in [0.15, 0.2) is 0 Å². The molecule has 2 unspecified atom stereocenters. The van der Waals surface area contributed by atoms with E-state index in [0.717, 1.165) is 24.9 Å². The molecule has 3 N–H and O–H groups in total. The number of nitrogens with zero attached hydrogens (tertiary/aromatic N) is 1. The highest BCUT2D eigenvalue weighted by Crippen LogP contribution is 2.32. The van der Waals surface area contributed by atoms with E-state index in [4.69, 9.17) is 5.84 Å². The number of nitrogens with two attached hydrogens (primary N) is 1. The van der Waals surface area contributed by atoms with E-state index in [1.165, 1.54) is 0 Å². The fourth-order valence-electron chi connectivity index (χ4n) is 3.06. The van der Waals surface area contributed by atoms with E-state index >= 15 is 0 Å². The molecule has 1 fully saturated rings. The summed E-state index contributed by atoms with van der Waals surface area (Å²) in [4.78, 5) is 14.5. The van der Waals surface area contributed by atoms with Crippen LogP contribution in [0.25, 0.3) is 0 Å². The van der Waals surface area contributed by atoms with E-state index < -0.39 is 0 Å². The number of amides is 1. The molecular formula is C15H23N3O. The highest BCUT2D eigenvalue weighted by atomic mass is 16.2. The number of carbonyl (C=O) groups is 1.